The van der Waals surface area contributed by atoms with Crippen molar-refractivity contribution in [3.8, 4) is 0 Å². The molecule has 64 valence electrons. The van der Waals surface area contributed by atoms with Crippen LogP contribution in [0.4, 0.5) is 0 Å². The maximum Gasteiger partial charge on any atom is 0.293 e. The van der Waals surface area contributed by atoms with Crippen LogP contribution in [0.1, 0.15) is 32.6 Å². The van der Waals surface area contributed by atoms with Gasteiger partial charge in [0, 0.05) is 6.42 Å². The number of aliphatic hydroxyl groups is 1. The van der Waals surface area contributed by atoms with Crippen molar-refractivity contribution in [2.45, 2.75) is 32.6 Å². The van der Waals surface area contributed by atoms with Crippen LogP contribution in [-0.2, 0) is 0 Å². The highest BCUT2D eigenvalue weighted by atomic mass is 16.6. The summed E-state index contributed by atoms with van der Waals surface area (Å²) in [4.78, 5) is 9.37. The average molecular weight is 161 g/mol. The van der Waals surface area contributed by atoms with Crippen molar-refractivity contribution in [1.82, 2.24) is 0 Å². The Morgan fingerprint density at radius 2 is 2.55 bits per heavy atom. The van der Waals surface area contributed by atoms with E-state index in [-0.39, 0.29) is 5.76 Å². The maximum absolute atomic E-state index is 9.97. The molecule has 0 aromatic carbocycles. The molecule has 0 fully saturated rings. The first-order valence-corrected chi connectivity index (χ1v) is 3.68. The molecule has 0 radical (unpaired) electrons. The van der Waals surface area contributed by atoms with Crippen molar-refractivity contribution in [3.63, 3.8) is 0 Å². The summed E-state index contributed by atoms with van der Waals surface area (Å²) in [6.45, 7) is 2.04. The standard InChI is InChI=1S/C7H13NO3/c1-2-3-4-5-7(9)6-8(10)11/h6,9H,2-5H2,1H3/b7-6+/i/hT. The average Bonchev–Trinajstić information content (AvgIpc) is 2.02. The summed E-state index contributed by atoms with van der Waals surface area (Å²) < 4.78 is 6.52. The van der Waals surface area contributed by atoms with E-state index in [1.807, 2.05) is 6.92 Å². The van der Waals surface area contributed by atoms with Gasteiger partial charge in [-0.3, -0.25) is 10.1 Å². The van der Waals surface area contributed by atoms with E-state index < -0.39 is 4.92 Å². The number of hydrogen-bond acceptors (Lipinski definition) is 3. The highest BCUT2D eigenvalue weighted by Crippen LogP contribution is 2.05. The van der Waals surface area contributed by atoms with Crippen LogP contribution >= 0.6 is 0 Å². The molecule has 0 aliphatic carbocycles. The number of nitrogens with zero attached hydrogens (tertiary/aromatic N) is 1. The molecule has 0 saturated carbocycles. The Morgan fingerprint density at radius 1 is 1.82 bits per heavy atom. The molecule has 4 heteroatoms. The summed E-state index contributed by atoms with van der Waals surface area (Å²) in [5.74, 6) is 0.119. The van der Waals surface area contributed by atoms with Gasteiger partial charge in [0.2, 0.25) is 0 Å². The lowest BCUT2D eigenvalue weighted by molar-refractivity contribution is -0.405. The van der Waals surface area contributed by atoms with Crippen LogP contribution in [0.3, 0.4) is 0 Å². The van der Waals surface area contributed by atoms with E-state index in [2.05, 4.69) is 5.11 Å². The predicted octanol–water partition coefficient (Wildman–Crippen LogP) is 2.24. The molecule has 1 N–H and O–H groups in total. The van der Waals surface area contributed by atoms with Gasteiger partial charge in [0.1, 0.15) is 0 Å². The lowest BCUT2D eigenvalue weighted by atomic mass is 10.2. The summed E-state index contributed by atoms with van der Waals surface area (Å²) >= 11 is 0. The molecule has 0 heterocycles. The Balaban J connectivity index is 3.75. The summed E-state index contributed by atoms with van der Waals surface area (Å²) in [5.41, 5.74) is 0. The summed E-state index contributed by atoms with van der Waals surface area (Å²) in [5, 5.41) is 14.0. The van der Waals surface area contributed by atoms with E-state index in [9.17, 15) is 10.1 Å². The van der Waals surface area contributed by atoms with Gasteiger partial charge in [0.25, 0.3) is 7.63 Å². The first kappa shape index (κ1) is 8.04. The van der Waals surface area contributed by atoms with Crippen molar-refractivity contribution in [2.24, 2.45) is 0 Å². The lowest BCUT2D eigenvalue weighted by Gasteiger charge is -1.94. The summed E-state index contributed by atoms with van der Waals surface area (Å²) in [6.07, 6.45) is 4.08. The first-order valence-electron chi connectivity index (χ1n) is 4.09. The van der Waals surface area contributed by atoms with E-state index in [1.165, 1.54) is 0 Å². The predicted molar refractivity (Wildman–Crippen MR) is 41.8 cm³/mol. The van der Waals surface area contributed by atoms with Gasteiger partial charge in [0.05, 0.1) is 4.92 Å². The molecule has 4 nitrogen and oxygen atoms in total. The Hall–Kier alpha value is -1.06. The Bertz CT molecular complexity index is 170. The van der Waals surface area contributed by atoms with Gasteiger partial charge in [-0.15, -0.1) is 0 Å². The quantitative estimate of drug-likeness (QED) is 0.281. The van der Waals surface area contributed by atoms with E-state index in [4.69, 9.17) is 1.43 Å². The molecule has 0 aromatic heterocycles. The molecule has 0 aromatic rings. The third-order valence-electron chi connectivity index (χ3n) is 1.28. The van der Waals surface area contributed by atoms with Gasteiger partial charge >= 0.3 is 0 Å². The molecule has 0 bridgehead atoms. The smallest absolute Gasteiger partial charge is 0.293 e. The van der Waals surface area contributed by atoms with Gasteiger partial charge in [-0.1, -0.05) is 19.8 Å². The minimum absolute atomic E-state index is 0.119. The molecular weight excluding hydrogens is 146 g/mol. The molecule has 0 unspecified atom stereocenters. The SMILES string of the molecule is [3H]O/C(=C/[N+](=O)[O-])CCCCC. The molecule has 11 heavy (non-hydrogen) atoms. The third-order valence-corrected chi connectivity index (χ3v) is 1.28. The van der Waals surface area contributed by atoms with Crippen LogP contribution in [0.15, 0.2) is 12.0 Å². The van der Waals surface area contributed by atoms with Crippen molar-refractivity contribution in [1.29, 1.82) is 1.43 Å². The van der Waals surface area contributed by atoms with Crippen LogP contribution in [0.5, 0.6) is 0 Å². The monoisotopic (exact) mass is 161 g/mol. The molecule has 0 saturated heterocycles. The molecular formula is C7H13NO3. The number of unbranched alkanes of at least 4 members (excludes halogenated alkanes) is 2. The van der Waals surface area contributed by atoms with Gasteiger partial charge in [-0.2, -0.15) is 0 Å². The van der Waals surface area contributed by atoms with Crippen molar-refractivity contribution < 1.29 is 10.0 Å². The zero-order chi connectivity index (χ0) is 9.40. The number of rotatable bonds is 6. The Morgan fingerprint density at radius 3 is 3.00 bits per heavy atom. The highest BCUT2D eigenvalue weighted by molar-refractivity contribution is 4.83. The fourth-order valence-electron chi connectivity index (χ4n) is 0.731. The zero-order valence-corrected chi connectivity index (χ0v) is 6.58. The van der Waals surface area contributed by atoms with Gasteiger partial charge in [-0.05, 0) is 6.42 Å². The van der Waals surface area contributed by atoms with E-state index >= 15 is 0 Å². The van der Waals surface area contributed by atoms with Gasteiger partial charge in [-0.25, -0.2) is 0 Å². The van der Waals surface area contributed by atoms with Crippen LogP contribution in [-0.4, -0.2) is 10.0 Å². The molecule has 0 amide bonds. The Labute approximate surface area is 67.2 Å². The first-order chi connectivity index (χ1) is 5.70. The second kappa shape index (κ2) is 5.70. The second-order valence-electron chi connectivity index (χ2n) is 2.34. The highest BCUT2D eigenvalue weighted by Gasteiger charge is 1.98. The molecule has 0 aliphatic heterocycles. The van der Waals surface area contributed by atoms with Crippen LogP contribution in [0, 0.1) is 10.1 Å². The number of allylic oxidation sites excluding steroid dienone is 1. The fourth-order valence-corrected chi connectivity index (χ4v) is 0.731. The van der Waals surface area contributed by atoms with Gasteiger partial charge in [0.15, 0.2) is 5.76 Å². The molecule has 0 rings (SSSR count). The summed E-state index contributed by atoms with van der Waals surface area (Å²) in [7, 11) is 0. The molecule has 0 aliphatic rings. The van der Waals surface area contributed by atoms with Gasteiger partial charge < -0.3 is 5.11 Å². The van der Waals surface area contributed by atoms with Crippen LogP contribution in [0.25, 0.3) is 1.43 Å². The van der Waals surface area contributed by atoms with Crippen LogP contribution < -0.4 is 0 Å². The number of aliphatic hydroxyl groups excluding tert-OH is 1. The topological polar surface area (TPSA) is 63.4 Å². The maximum atomic E-state index is 9.97. The zero-order valence-electron chi connectivity index (χ0n) is 7.58. The fraction of sp³-hybridized carbons (Fsp3) is 0.714. The third kappa shape index (κ3) is 6.83. The van der Waals surface area contributed by atoms with Crippen LogP contribution in [0.2, 0.25) is 0 Å². The number of nitro groups is 1. The molecule has 0 atom stereocenters. The van der Waals surface area contributed by atoms with E-state index in [1.54, 1.807) is 0 Å². The van der Waals surface area contributed by atoms with E-state index in [0.717, 1.165) is 25.5 Å². The normalized spacial score (nSPS) is 12.5. The van der Waals surface area contributed by atoms with Crippen molar-refractivity contribution in [2.75, 3.05) is 0 Å². The Kier molecular flexibility index (Phi) is 4.17. The number of hydrogen-bond donors (Lipinski definition) is 1. The summed E-state index contributed by atoms with van der Waals surface area (Å²) in [6, 6.07) is 0. The van der Waals surface area contributed by atoms with Crippen molar-refractivity contribution >= 4 is 0 Å². The largest absolute Gasteiger partial charge is 0.506 e. The van der Waals surface area contributed by atoms with Crippen molar-refractivity contribution in [3.05, 3.63) is 22.1 Å². The van der Waals surface area contributed by atoms with E-state index in [0.29, 0.717) is 6.42 Å². The molecule has 0 spiro atoms. The second-order valence-corrected chi connectivity index (χ2v) is 2.34. The minimum Gasteiger partial charge on any atom is -0.506 e. The lowest BCUT2D eigenvalue weighted by Crippen LogP contribution is -1.90. The minimum atomic E-state index is -0.601.